The summed E-state index contributed by atoms with van der Waals surface area (Å²) in [5.74, 6) is 0.781. The van der Waals surface area contributed by atoms with Gasteiger partial charge in [-0.2, -0.15) is 0 Å². The molecule has 1 aromatic carbocycles. The zero-order valence-corrected chi connectivity index (χ0v) is 8.74. The first kappa shape index (κ1) is 9.65. The Bertz CT molecular complexity index is 525. The van der Waals surface area contributed by atoms with Gasteiger partial charge in [0.1, 0.15) is 5.82 Å². The summed E-state index contributed by atoms with van der Waals surface area (Å²) in [5, 5.41) is 3.86. The molecule has 1 aromatic heterocycles. The van der Waals surface area contributed by atoms with Crippen LogP contribution in [0, 0.1) is 0 Å². The number of nitrogens with zero attached hydrogens (tertiary/aromatic N) is 1. The van der Waals surface area contributed by atoms with E-state index in [4.69, 9.17) is 0 Å². The molecule has 0 unspecified atom stereocenters. The minimum Gasteiger partial charge on any atom is -0.373 e. The van der Waals surface area contributed by atoms with Crippen molar-refractivity contribution in [3.05, 3.63) is 35.9 Å². The summed E-state index contributed by atoms with van der Waals surface area (Å²) in [6.45, 7) is 1.57. The van der Waals surface area contributed by atoms with E-state index < -0.39 is 0 Å². The van der Waals surface area contributed by atoms with Gasteiger partial charge in [-0.25, -0.2) is 4.98 Å². The Balaban J connectivity index is 0.00000128. The van der Waals surface area contributed by atoms with Gasteiger partial charge in [-0.15, -0.1) is 0 Å². The number of ketones is 1. The highest BCUT2D eigenvalue weighted by molar-refractivity contribution is 6.06. The molecule has 0 aliphatic carbocycles. The van der Waals surface area contributed by atoms with Gasteiger partial charge in [0, 0.05) is 19.4 Å². The Hall–Kier alpha value is -1.90. The lowest BCUT2D eigenvalue weighted by Gasteiger charge is -2.06. The number of carbonyl (C=O) groups is 1. The molecule has 0 aliphatic heterocycles. The van der Waals surface area contributed by atoms with E-state index in [1.54, 1.807) is 20.0 Å². The lowest BCUT2D eigenvalue weighted by atomic mass is 10.1. The third kappa shape index (κ3) is 1.68. The summed E-state index contributed by atoms with van der Waals surface area (Å²) in [5.41, 5.74) is 1.56. The molecule has 0 bridgehead atoms. The fourth-order valence-corrected chi connectivity index (χ4v) is 1.59. The third-order valence-corrected chi connectivity index (χ3v) is 2.35. The number of pyridine rings is 1. The molecule has 0 amide bonds. The van der Waals surface area contributed by atoms with Crippen molar-refractivity contribution in [3.63, 3.8) is 0 Å². The quantitative estimate of drug-likeness (QED) is 0.761. The van der Waals surface area contributed by atoms with Crippen molar-refractivity contribution in [2.75, 3.05) is 12.4 Å². The van der Waals surface area contributed by atoms with Crippen molar-refractivity contribution < 1.29 is 6.22 Å². The topological polar surface area (TPSA) is 42.0 Å². The van der Waals surface area contributed by atoms with Crippen molar-refractivity contribution in [3.8, 4) is 0 Å². The van der Waals surface area contributed by atoms with Gasteiger partial charge in [0.2, 0.25) is 0 Å². The highest BCUT2D eigenvalue weighted by Crippen LogP contribution is 2.20. The summed E-state index contributed by atoms with van der Waals surface area (Å²) >= 11 is 0. The van der Waals surface area contributed by atoms with E-state index in [-0.39, 0.29) is 7.21 Å². The average Bonchev–Trinajstić information content (AvgIpc) is 2.27. The summed E-state index contributed by atoms with van der Waals surface area (Å²) < 4.78 is 0. The fourth-order valence-electron chi connectivity index (χ4n) is 1.59. The van der Waals surface area contributed by atoms with Crippen LogP contribution < -0.4 is 5.32 Å². The van der Waals surface area contributed by atoms with E-state index in [0.717, 1.165) is 16.7 Å². The molecular weight excluding hydrogens is 188 g/mol. The molecule has 3 nitrogen and oxygen atoms in total. The number of anilines is 1. The van der Waals surface area contributed by atoms with Crippen molar-refractivity contribution in [2.24, 2.45) is 0 Å². The molecular formula is C12H14N2O. The predicted molar refractivity (Wildman–Crippen MR) is 63.4 cm³/mol. The van der Waals surface area contributed by atoms with Gasteiger partial charge in [0.25, 0.3) is 0 Å². The van der Waals surface area contributed by atoms with Crippen LogP contribution in [0.3, 0.4) is 0 Å². The van der Waals surface area contributed by atoms with Crippen LogP contribution in [0.1, 0.15) is 18.7 Å². The molecule has 2 aromatic rings. The maximum absolute atomic E-state index is 11.5. The summed E-state index contributed by atoms with van der Waals surface area (Å²) in [6.07, 6.45) is 0. The van der Waals surface area contributed by atoms with Gasteiger partial charge in [-0.1, -0.05) is 18.2 Å². The number of hydrogen-bond donors (Lipinski definition) is 1. The molecule has 0 fully saturated rings. The van der Waals surface area contributed by atoms with Crippen LogP contribution in [0.15, 0.2) is 30.3 Å². The zero-order valence-electron chi connectivity index (χ0n) is 8.74. The molecule has 0 saturated heterocycles. The van der Waals surface area contributed by atoms with Gasteiger partial charge in [0.05, 0.1) is 5.52 Å². The number of benzene rings is 1. The van der Waals surface area contributed by atoms with Gasteiger partial charge in [0.15, 0.2) is 5.78 Å². The molecule has 1 heterocycles. The number of carbonyl (C=O) groups excluding carboxylic acids is 1. The number of fused-ring (bicyclic) bond motifs is 1. The SMILES string of the molecule is CNc1cc(C(C)=O)c2ccccc2n1.[HH]. The summed E-state index contributed by atoms with van der Waals surface area (Å²) in [7, 11) is 1.79. The smallest absolute Gasteiger partial charge is 0.160 e. The van der Waals surface area contributed by atoms with Crippen molar-refractivity contribution in [1.82, 2.24) is 4.98 Å². The maximum Gasteiger partial charge on any atom is 0.160 e. The highest BCUT2D eigenvalue weighted by Gasteiger charge is 2.07. The van der Waals surface area contributed by atoms with Gasteiger partial charge in [-0.05, 0) is 19.1 Å². The first-order valence-electron chi connectivity index (χ1n) is 4.81. The summed E-state index contributed by atoms with van der Waals surface area (Å²) in [4.78, 5) is 15.8. The Labute approximate surface area is 89.6 Å². The second-order valence-corrected chi connectivity index (χ2v) is 3.38. The molecule has 78 valence electrons. The molecule has 0 aliphatic rings. The van der Waals surface area contributed by atoms with Crippen LogP contribution in [-0.4, -0.2) is 17.8 Å². The third-order valence-electron chi connectivity index (χ3n) is 2.35. The monoisotopic (exact) mass is 202 g/mol. The van der Waals surface area contributed by atoms with E-state index in [2.05, 4.69) is 10.3 Å². The largest absolute Gasteiger partial charge is 0.373 e. The fraction of sp³-hybridized carbons (Fsp3) is 0.167. The van der Waals surface area contributed by atoms with E-state index in [0.29, 0.717) is 5.56 Å². The first-order valence-corrected chi connectivity index (χ1v) is 4.81. The predicted octanol–water partition coefficient (Wildman–Crippen LogP) is 2.73. The normalized spacial score (nSPS) is 10.3. The average molecular weight is 202 g/mol. The number of rotatable bonds is 2. The number of para-hydroxylation sites is 1. The van der Waals surface area contributed by atoms with Gasteiger partial charge < -0.3 is 5.32 Å². The number of nitrogens with one attached hydrogen (secondary N) is 1. The lowest BCUT2D eigenvalue weighted by molar-refractivity contribution is 0.101. The minimum atomic E-state index is 0. The van der Waals surface area contributed by atoms with Crippen LogP contribution in [-0.2, 0) is 0 Å². The first-order chi connectivity index (χ1) is 7.22. The molecule has 0 saturated carbocycles. The standard InChI is InChI=1S/C12H12N2O.H2/c1-8(15)10-7-12(13-2)14-11-6-4-3-5-9(10)11;/h3-7H,1-2H3,(H,13,14);1H. The Morgan fingerprint density at radius 3 is 2.80 bits per heavy atom. The maximum atomic E-state index is 11.5. The number of aromatic nitrogens is 1. The molecule has 1 N–H and O–H groups in total. The van der Waals surface area contributed by atoms with Crippen LogP contribution in [0.2, 0.25) is 0 Å². The van der Waals surface area contributed by atoms with Crippen LogP contribution in [0.5, 0.6) is 0 Å². The second-order valence-electron chi connectivity index (χ2n) is 3.38. The van der Waals surface area contributed by atoms with Crippen molar-refractivity contribution in [1.29, 1.82) is 0 Å². The highest BCUT2D eigenvalue weighted by atomic mass is 16.1. The van der Waals surface area contributed by atoms with Gasteiger partial charge >= 0.3 is 0 Å². The number of hydrogen-bond acceptors (Lipinski definition) is 3. The second kappa shape index (κ2) is 3.69. The van der Waals surface area contributed by atoms with Crippen molar-refractivity contribution in [2.45, 2.75) is 6.92 Å². The van der Waals surface area contributed by atoms with Gasteiger partial charge in [-0.3, -0.25) is 4.79 Å². The summed E-state index contributed by atoms with van der Waals surface area (Å²) in [6, 6.07) is 9.43. The van der Waals surface area contributed by atoms with E-state index in [9.17, 15) is 4.79 Å². The lowest BCUT2D eigenvalue weighted by Crippen LogP contribution is -1.99. The van der Waals surface area contributed by atoms with Crippen molar-refractivity contribution >= 4 is 22.5 Å². The Morgan fingerprint density at radius 2 is 2.13 bits per heavy atom. The van der Waals surface area contributed by atoms with Crippen LogP contribution >= 0.6 is 0 Å². The molecule has 0 radical (unpaired) electrons. The number of Topliss-reactive ketones (excluding diaryl/α,β-unsaturated/α-hetero) is 1. The van der Waals surface area contributed by atoms with E-state index >= 15 is 0 Å². The Morgan fingerprint density at radius 1 is 1.40 bits per heavy atom. The molecule has 15 heavy (non-hydrogen) atoms. The minimum absolute atomic E-state index is 0. The zero-order chi connectivity index (χ0) is 10.8. The van der Waals surface area contributed by atoms with E-state index in [1.165, 1.54) is 0 Å². The van der Waals surface area contributed by atoms with E-state index in [1.807, 2.05) is 24.3 Å². The van der Waals surface area contributed by atoms with Crippen LogP contribution in [0.4, 0.5) is 5.82 Å². The molecule has 2 rings (SSSR count). The van der Waals surface area contributed by atoms with Crippen LogP contribution in [0.25, 0.3) is 10.9 Å². The molecule has 0 spiro atoms. The Kier molecular flexibility index (Phi) is 2.37. The molecule has 0 atom stereocenters. The molecule has 3 heteroatoms.